The van der Waals surface area contributed by atoms with E-state index in [-0.39, 0.29) is 5.91 Å². The number of amides is 1. The van der Waals surface area contributed by atoms with Crippen LogP contribution in [0.3, 0.4) is 0 Å². The number of carbonyl (C=O) groups is 2. The van der Waals surface area contributed by atoms with Crippen LogP contribution < -0.4 is 0 Å². The number of likely N-dealkylation sites (tertiary alicyclic amines) is 1. The van der Waals surface area contributed by atoms with Crippen LogP contribution in [0.2, 0.25) is 0 Å². The van der Waals surface area contributed by atoms with Crippen molar-refractivity contribution in [2.24, 2.45) is 5.41 Å². The van der Waals surface area contributed by atoms with Gasteiger partial charge in [0.2, 0.25) is 5.91 Å². The number of hydrogen-bond donors (Lipinski definition) is 1. The molecule has 5 heteroatoms. The van der Waals surface area contributed by atoms with Crippen LogP contribution in [-0.4, -0.2) is 53.0 Å². The van der Waals surface area contributed by atoms with E-state index in [4.69, 9.17) is 0 Å². The molecule has 5 nitrogen and oxygen atoms in total. The predicted molar refractivity (Wildman–Crippen MR) is 80.7 cm³/mol. The van der Waals surface area contributed by atoms with Crippen molar-refractivity contribution in [1.29, 1.82) is 0 Å². The summed E-state index contributed by atoms with van der Waals surface area (Å²) in [4.78, 5) is 27.7. The van der Waals surface area contributed by atoms with Gasteiger partial charge in [-0.1, -0.05) is 6.08 Å². The zero-order valence-electron chi connectivity index (χ0n) is 13.1. The second-order valence-corrected chi connectivity index (χ2v) is 6.37. The summed E-state index contributed by atoms with van der Waals surface area (Å²) in [6.45, 7) is 6.30. The SMILES string of the molecule is CCN(C(=O)CN1CCC(C)(C(=O)O)CC1)C1=CCCC1. The van der Waals surface area contributed by atoms with Crippen LogP contribution in [0.4, 0.5) is 0 Å². The lowest BCUT2D eigenvalue weighted by Crippen LogP contribution is -2.47. The molecule has 1 aliphatic heterocycles. The van der Waals surface area contributed by atoms with Crippen LogP contribution in [0.15, 0.2) is 11.8 Å². The van der Waals surface area contributed by atoms with Crippen molar-refractivity contribution in [3.63, 3.8) is 0 Å². The highest BCUT2D eigenvalue weighted by atomic mass is 16.4. The summed E-state index contributed by atoms with van der Waals surface area (Å²) in [5.41, 5.74) is 0.535. The molecule has 2 aliphatic rings. The quantitative estimate of drug-likeness (QED) is 0.843. The Morgan fingerprint density at radius 3 is 2.52 bits per heavy atom. The normalized spacial score (nSPS) is 21.9. The molecule has 1 heterocycles. The number of likely N-dealkylation sites (N-methyl/N-ethyl adjacent to an activating group) is 1. The number of hydrogen-bond acceptors (Lipinski definition) is 3. The summed E-state index contributed by atoms with van der Waals surface area (Å²) in [5.74, 6) is -0.579. The van der Waals surface area contributed by atoms with Crippen LogP contribution in [0, 0.1) is 5.41 Å². The molecule has 1 aliphatic carbocycles. The van der Waals surface area contributed by atoms with Gasteiger partial charge in [0.1, 0.15) is 0 Å². The molecule has 0 aromatic carbocycles. The van der Waals surface area contributed by atoms with E-state index in [1.165, 1.54) is 0 Å². The van der Waals surface area contributed by atoms with Gasteiger partial charge >= 0.3 is 5.97 Å². The lowest BCUT2D eigenvalue weighted by molar-refractivity contribution is -0.150. The molecule has 0 atom stereocenters. The van der Waals surface area contributed by atoms with Crippen molar-refractivity contribution in [1.82, 2.24) is 9.80 Å². The standard InChI is InChI=1S/C16H26N2O3/c1-3-18(13-6-4-5-7-13)14(19)12-17-10-8-16(2,9-11-17)15(20)21/h6H,3-5,7-12H2,1-2H3,(H,20,21). The van der Waals surface area contributed by atoms with E-state index in [0.717, 1.165) is 25.0 Å². The van der Waals surface area contributed by atoms with Gasteiger partial charge in [0.05, 0.1) is 12.0 Å². The Balaban J connectivity index is 1.87. The van der Waals surface area contributed by atoms with Gasteiger partial charge in [-0.25, -0.2) is 0 Å². The Morgan fingerprint density at radius 2 is 2.05 bits per heavy atom. The number of piperidine rings is 1. The molecular weight excluding hydrogens is 268 g/mol. The van der Waals surface area contributed by atoms with Crippen molar-refractivity contribution >= 4 is 11.9 Å². The molecule has 1 fully saturated rings. The number of carboxylic acids is 1. The van der Waals surface area contributed by atoms with Gasteiger partial charge in [0.25, 0.3) is 0 Å². The molecule has 2 rings (SSSR count). The Morgan fingerprint density at radius 1 is 1.38 bits per heavy atom. The molecule has 1 amide bonds. The largest absolute Gasteiger partial charge is 0.481 e. The molecular formula is C16H26N2O3. The summed E-state index contributed by atoms with van der Waals surface area (Å²) in [7, 11) is 0. The molecule has 1 saturated heterocycles. The number of allylic oxidation sites excluding steroid dienone is 2. The average molecular weight is 294 g/mol. The predicted octanol–water partition coefficient (Wildman–Crippen LogP) is 2.09. The van der Waals surface area contributed by atoms with Gasteiger partial charge < -0.3 is 10.0 Å². The molecule has 0 unspecified atom stereocenters. The number of carboxylic acid groups (broad SMARTS) is 1. The summed E-state index contributed by atoms with van der Waals surface area (Å²) in [6.07, 6.45) is 6.60. The van der Waals surface area contributed by atoms with Gasteiger partial charge in [0, 0.05) is 12.2 Å². The molecule has 0 spiro atoms. The lowest BCUT2D eigenvalue weighted by Gasteiger charge is -2.37. The zero-order chi connectivity index (χ0) is 15.5. The molecule has 1 N–H and O–H groups in total. The fourth-order valence-corrected chi connectivity index (χ4v) is 3.13. The third-order valence-corrected chi connectivity index (χ3v) is 4.82. The van der Waals surface area contributed by atoms with E-state index in [0.29, 0.717) is 39.0 Å². The minimum Gasteiger partial charge on any atom is -0.481 e. The maximum absolute atomic E-state index is 12.5. The van der Waals surface area contributed by atoms with E-state index < -0.39 is 11.4 Å². The Bertz CT molecular complexity index is 437. The fraction of sp³-hybridized carbons (Fsp3) is 0.750. The van der Waals surface area contributed by atoms with Gasteiger partial charge in [-0.15, -0.1) is 0 Å². The zero-order valence-corrected chi connectivity index (χ0v) is 13.1. The number of carbonyl (C=O) groups excluding carboxylic acids is 1. The highest BCUT2D eigenvalue weighted by Crippen LogP contribution is 2.31. The minimum atomic E-state index is -0.722. The Hall–Kier alpha value is -1.36. The van der Waals surface area contributed by atoms with Crippen molar-refractivity contribution in [2.75, 3.05) is 26.2 Å². The smallest absolute Gasteiger partial charge is 0.309 e. The molecule has 0 radical (unpaired) electrons. The van der Waals surface area contributed by atoms with Gasteiger partial charge in [0.15, 0.2) is 0 Å². The third-order valence-electron chi connectivity index (χ3n) is 4.82. The van der Waals surface area contributed by atoms with E-state index in [9.17, 15) is 14.7 Å². The van der Waals surface area contributed by atoms with Crippen LogP contribution in [0.5, 0.6) is 0 Å². The van der Waals surface area contributed by atoms with E-state index in [2.05, 4.69) is 11.0 Å². The number of rotatable bonds is 5. The average Bonchev–Trinajstić information content (AvgIpc) is 2.96. The maximum atomic E-state index is 12.5. The summed E-state index contributed by atoms with van der Waals surface area (Å²) >= 11 is 0. The molecule has 0 aromatic heterocycles. The molecule has 0 saturated carbocycles. The minimum absolute atomic E-state index is 0.143. The second-order valence-electron chi connectivity index (χ2n) is 6.37. The monoisotopic (exact) mass is 294 g/mol. The lowest BCUT2D eigenvalue weighted by atomic mass is 9.80. The first-order valence-electron chi connectivity index (χ1n) is 7.91. The maximum Gasteiger partial charge on any atom is 0.309 e. The van der Waals surface area contributed by atoms with Crippen molar-refractivity contribution in [3.05, 3.63) is 11.8 Å². The van der Waals surface area contributed by atoms with Gasteiger partial charge in [-0.3, -0.25) is 14.5 Å². The fourth-order valence-electron chi connectivity index (χ4n) is 3.13. The molecule has 21 heavy (non-hydrogen) atoms. The van der Waals surface area contributed by atoms with Crippen molar-refractivity contribution < 1.29 is 14.7 Å². The Kier molecular flexibility index (Phi) is 5.04. The third kappa shape index (κ3) is 3.64. The first-order valence-corrected chi connectivity index (χ1v) is 7.91. The van der Waals surface area contributed by atoms with Crippen LogP contribution >= 0.6 is 0 Å². The van der Waals surface area contributed by atoms with Gasteiger partial charge in [-0.05, 0) is 59.0 Å². The molecule has 0 aromatic rings. The highest BCUT2D eigenvalue weighted by Gasteiger charge is 2.37. The number of aliphatic carboxylic acids is 1. The van der Waals surface area contributed by atoms with E-state index in [1.54, 1.807) is 6.92 Å². The first kappa shape index (κ1) is 16.0. The second kappa shape index (κ2) is 6.60. The van der Waals surface area contributed by atoms with Crippen LogP contribution in [0.1, 0.15) is 46.0 Å². The van der Waals surface area contributed by atoms with Crippen molar-refractivity contribution in [3.8, 4) is 0 Å². The molecule has 118 valence electrons. The van der Waals surface area contributed by atoms with Crippen LogP contribution in [-0.2, 0) is 9.59 Å². The van der Waals surface area contributed by atoms with Crippen molar-refractivity contribution in [2.45, 2.75) is 46.0 Å². The summed E-state index contributed by atoms with van der Waals surface area (Å²) in [5, 5.41) is 9.23. The van der Waals surface area contributed by atoms with Gasteiger partial charge in [-0.2, -0.15) is 0 Å². The number of nitrogens with zero attached hydrogens (tertiary/aromatic N) is 2. The highest BCUT2D eigenvalue weighted by molar-refractivity contribution is 5.80. The first-order chi connectivity index (χ1) is 9.96. The topological polar surface area (TPSA) is 60.9 Å². The summed E-state index contributed by atoms with van der Waals surface area (Å²) in [6, 6.07) is 0. The van der Waals surface area contributed by atoms with Crippen LogP contribution in [0.25, 0.3) is 0 Å². The summed E-state index contributed by atoms with van der Waals surface area (Å²) < 4.78 is 0. The van der Waals surface area contributed by atoms with E-state index >= 15 is 0 Å². The molecule has 0 bridgehead atoms. The Labute approximate surface area is 126 Å². The van der Waals surface area contributed by atoms with E-state index in [1.807, 2.05) is 11.8 Å².